The van der Waals surface area contributed by atoms with Crippen LogP contribution in [-0.4, -0.2) is 24.6 Å². The first kappa shape index (κ1) is 7.42. The van der Waals surface area contributed by atoms with Crippen LogP contribution in [0.3, 0.4) is 0 Å². The maximum absolute atomic E-state index is 3.48. The van der Waals surface area contributed by atoms with Gasteiger partial charge in [-0.3, -0.25) is 0 Å². The van der Waals surface area contributed by atoms with Gasteiger partial charge in [-0.05, 0) is 37.8 Å². The molecule has 54 valence electrons. The third-order valence-corrected chi connectivity index (χ3v) is 2.48. The van der Waals surface area contributed by atoms with Gasteiger partial charge in [0.05, 0.1) is 0 Å². The van der Waals surface area contributed by atoms with Gasteiger partial charge < -0.3 is 5.32 Å². The van der Waals surface area contributed by atoms with E-state index >= 15 is 0 Å². The van der Waals surface area contributed by atoms with Crippen LogP contribution in [0.25, 0.3) is 0 Å². The molecule has 1 heterocycles. The van der Waals surface area contributed by atoms with Crippen LogP contribution in [0.15, 0.2) is 0 Å². The van der Waals surface area contributed by atoms with Gasteiger partial charge in [0, 0.05) is 6.04 Å². The van der Waals surface area contributed by atoms with Gasteiger partial charge in [-0.2, -0.15) is 11.8 Å². The number of nitrogens with one attached hydrogen (secondary N) is 1. The Morgan fingerprint density at radius 2 is 2.56 bits per heavy atom. The van der Waals surface area contributed by atoms with E-state index in [0.717, 1.165) is 6.04 Å². The molecule has 0 bridgehead atoms. The van der Waals surface area contributed by atoms with Gasteiger partial charge in [-0.15, -0.1) is 0 Å². The molecule has 0 amide bonds. The van der Waals surface area contributed by atoms with Crippen molar-refractivity contribution in [2.45, 2.75) is 25.3 Å². The summed E-state index contributed by atoms with van der Waals surface area (Å²) in [4.78, 5) is 0. The van der Waals surface area contributed by atoms with Crippen molar-refractivity contribution >= 4 is 11.8 Å². The van der Waals surface area contributed by atoms with Crippen LogP contribution >= 0.6 is 11.8 Å². The molecule has 1 aliphatic rings. The smallest absolute Gasteiger partial charge is 0.00753 e. The van der Waals surface area contributed by atoms with Gasteiger partial charge in [-0.25, -0.2) is 0 Å². The van der Waals surface area contributed by atoms with E-state index in [1.54, 1.807) is 0 Å². The van der Waals surface area contributed by atoms with Crippen molar-refractivity contribution in [3.05, 3.63) is 0 Å². The van der Waals surface area contributed by atoms with E-state index in [-0.39, 0.29) is 0 Å². The Morgan fingerprint density at radius 1 is 1.67 bits per heavy atom. The fourth-order valence-corrected chi connectivity index (χ4v) is 1.78. The van der Waals surface area contributed by atoms with E-state index in [1.165, 1.54) is 31.6 Å². The minimum Gasteiger partial charge on any atom is -0.314 e. The molecule has 0 aromatic rings. The van der Waals surface area contributed by atoms with Crippen molar-refractivity contribution in [3.8, 4) is 0 Å². The zero-order chi connectivity index (χ0) is 6.53. The molecular formula is C7H15NS. The maximum atomic E-state index is 3.48. The average Bonchev–Trinajstić information content (AvgIpc) is 2.34. The Kier molecular flexibility index (Phi) is 3.44. The minimum atomic E-state index is 0.845. The van der Waals surface area contributed by atoms with Gasteiger partial charge in [-0.1, -0.05) is 0 Å². The lowest BCUT2D eigenvalue weighted by Gasteiger charge is -2.06. The predicted molar refractivity (Wildman–Crippen MR) is 44.0 cm³/mol. The van der Waals surface area contributed by atoms with Gasteiger partial charge >= 0.3 is 0 Å². The van der Waals surface area contributed by atoms with Gasteiger partial charge in [0.25, 0.3) is 0 Å². The number of hydrogen-bond acceptors (Lipinski definition) is 2. The van der Waals surface area contributed by atoms with Crippen molar-refractivity contribution in [2.75, 3.05) is 18.6 Å². The highest BCUT2D eigenvalue weighted by atomic mass is 32.2. The fourth-order valence-electron chi connectivity index (χ4n) is 1.26. The third kappa shape index (κ3) is 2.59. The van der Waals surface area contributed by atoms with Gasteiger partial charge in [0.2, 0.25) is 0 Å². The molecule has 0 aliphatic carbocycles. The lowest BCUT2D eigenvalue weighted by molar-refractivity contribution is 0.592. The van der Waals surface area contributed by atoms with Crippen LogP contribution < -0.4 is 5.32 Å². The maximum Gasteiger partial charge on any atom is 0.00753 e. The Bertz CT molecular complexity index is 69.3. The van der Waals surface area contributed by atoms with Crippen molar-refractivity contribution in [1.82, 2.24) is 5.32 Å². The van der Waals surface area contributed by atoms with E-state index in [9.17, 15) is 0 Å². The molecule has 0 saturated carbocycles. The van der Waals surface area contributed by atoms with Crippen LogP contribution in [-0.2, 0) is 0 Å². The van der Waals surface area contributed by atoms with Gasteiger partial charge in [0.1, 0.15) is 0 Å². The summed E-state index contributed by atoms with van der Waals surface area (Å²) in [5, 5.41) is 3.48. The number of hydrogen-bond donors (Lipinski definition) is 1. The summed E-state index contributed by atoms with van der Waals surface area (Å²) in [6, 6.07) is 0.845. The van der Waals surface area contributed by atoms with Crippen molar-refractivity contribution in [2.24, 2.45) is 0 Å². The Morgan fingerprint density at radius 3 is 3.11 bits per heavy atom. The predicted octanol–water partition coefficient (Wildman–Crippen LogP) is 1.49. The normalized spacial score (nSPS) is 27.0. The van der Waals surface area contributed by atoms with Crippen LogP contribution in [0, 0.1) is 0 Å². The number of rotatable bonds is 3. The van der Waals surface area contributed by atoms with Crippen LogP contribution in [0.1, 0.15) is 19.3 Å². The molecule has 1 unspecified atom stereocenters. The van der Waals surface area contributed by atoms with E-state index in [1.807, 2.05) is 11.8 Å². The Labute approximate surface area is 61.6 Å². The van der Waals surface area contributed by atoms with E-state index in [2.05, 4.69) is 11.6 Å². The van der Waals surface area contributed by atoms with Crippen LogP contribution in [0.4, 0.5) is 0 Å². The molecule has 1 aliphatic heterocycles. The first-order chi connectivity index (χ1) is 4.43. The molecule has 0 spiro atoms. The zero-order valence-corrected chi connectivity index (χ0v) is 6.84. The van der Waals surface area contributed by atoms with E-state index < -0.39 is 0 Å². The second-order valence-corrected chi connectivity index (χ2v) is 3.56. The summed E-state index contributed by atoms with van der Waals surface area (Å²) in [7, 11) is 0. The Balaban J connectivity index is 1.98. The highest BCUT2D eigenvalue weighted by Crippen LogP contribution is 2.10. The molecule has 1 saturated heterocycles. The summed E-state index contributed by atoms with van der Waals surface area (Å²) in [5.74, 6) is 1.32. The molecule has 0 aromatic carbocycles. The molecular weight excluding hydrogens is 130 g/mol. The molecule has 1 rings (SSSR count). The molecule has 2 heteroatoms. The molecule has 0 radical (unpaired) electrons. The van der Waals surface area contributed by atoms with E-state index in [0.29, 0.717) is 0 Å². The summed E-state index contributed by atoms with van der Waals surface area (Å²) in [6.45, 7) is 1.25. The first-order valence-electron chi connectivity index (χ1n) is 3.66. The number of thioether (sulfide) groups is 1. The van der Waals surface area contributed by atoms with Crippen LogP contribution in [0.5, 0.6) is 0 Å². The fraction of sp³-hybridized carbons (Fsp3) is 1.00. The topological polar surface area (TPSA) is 12.0 Å². The molecule has 1 N–H and O–H groups in total. The molecule has 1 fully saturated rings. The molecule has 1 atom stereocenters. The monoisotopic (exact) mass is 145 g/mol. The lowest BCUT2D eigenvalue weighted by atomic mass is 10.2. The summed E-state index contributed by atoms with van der Waals surface area (Å²) < 4.78 is 0. The Hall–Kier alpha value is 0.310. The lowest BCUT2D eigenvalue weighted by Crippen LogP contribution is -2.21. The standard InChI is InChI=1S/C7H15NS/c1-9-6-4-7-3-2-5-8-7/h7-8H,2-6H2,1H3. The summed E-state index contributed by atoms with van der Waals surface area (Å²) in [5.41, 5.74) is 0. The zero-order valence-electron chi connectivity index (χ0n) is 6.02. The quantitative estimate of drug-likeness (QED) is 0.646. The highest BCUT2D eigenvalue weighted by Gasteiger charge is 2.11. The summed E-state index contributed by atoms with van der Waals surface area (Å²) in [6.07, 6.45) is 6.33. The highest BCUT2D eigenvalue weighted by molar-refractivity contribution is 7.98. The van der Waals surface area contributed by atoms with Crippen LogP contribution in [0.2, 0.25) is 0 Å². The minimum absolute atomic E-state index is 0.845. The van der Waals surface area contributed by atoms with E-state index in [4.69, 9.17) is 0 Å². The second-order valence-electron chi connectivity index (χ2n) is 2.57. The third-order valence-electron chi connectivity index (χ3n) is 1.83. The second kappa shape index (κ2) is 4.18. The largest absolute Gasteiger partial charge is 0.314 e. The summed E-state index contributed by atoms with van der Waals surface area (Å²) >= 11 is 1.95. The SMILES string of the molecule is CSCCC1CCCN1. The van der Waals surface area contributed by atoms with Gasteiger partial charge in [0.15, 0.2) is 0 Å². The van der Waals surface area contributed by atoms with Crippen molar-refractivity contribution in [1.29, 1.82) is 0 Å². The average molecular weight is 145 g/mol. The molecule has 1 nitrogen and oxygen atoms in total. The van der Waals surface area contributed by atoms with Crippen molar-refractivity contribution < 1.29 is 0 Å². The van der Waals surface area contributed by atoms with Crippen molar-refractivity contribution in [3.63, 3.8) is 0 Å². The molecule has 9 heavy (non-hydrogen) atoms. The first-order valence-corrected chi connectivity index (χ1v) is 5.05. The molecule has 0 aromatic heterocycles.